The Labute approximate surface area is 156 Å². The van der Waals surface area contributed by atoms with Crippen LogP contribution >= 0.6 is 28.3 Å². The van der Waals surface area contributed by atoms with Gasteiger partial charge in [0.05, 0.1) is 18.3 Å². The number of hydrogen-bond donors (Lipinski definition) is 2. The van der Waals surface area contributed by atoms with Crippen LogP contribution in [0.3, 0.4) is 0 Å². The molecule has 1 aliphatic heterocycles. The molecule has 1 amide bonds. The third kappa shape index (κ3) is 5.19. The van der Waals surface area contributed by atoms with E-state index in [1.807, 2.05) is 42.6 Å². The highest BCUT2D eigenvalue weighted by molar-refractivity contribution is 9.10. The van der Waals surface area contributed by atoms with Crippen molar-refractivity contribution in [2.75, 3.05) is 36.4 Å². The molecule has 0 unspecified atom stereocenters. The van der Waals surface area contributed by atoms with E-state index in [1.165, 1.54) is 0 Å². The number of carbonyl (C=O) groups excluding carboxylic acids is 1. The van der Waals surface area contributed by atoms with Crippen molar-refractivity contribution in [3.8, 4) is 0 Å². The first-order valence-electron chi connectivity index (χ1n) is 7.67. The lowest BCUT2D eigenvalue weighted by atomic mass is 10.1. The lowest BCUT2D eigenvalue weighted by molar-refractivity contribution is -0.115. The number of amides is 1. The second-order valence-electron chi connectivity index (χ2n) is 5.49. The molecule has 0 radical (unpaired) electrons. The van der Waals surface area contributed by atoms with Crippen LogP contribution in [0.5, 0.6) is 0 Å². The molecule has 1 aromatic carbocycles. The van der Waals surface area contributed by atoms with Crippen LogP contribution in [0.1, 0.15) is 5.56 Å². The van der Waals surface area contributed by atoms with Gasteiger partial charge in [0.15, 0.2) is 0 Å². The van der Waals surface area contributed by atoms with E-state index in [-0.39, 0.29) is 18.3 Å². The molecule has 0 spiro atoms. The highest BCUT2D eigenvalue weighted by Crippen LogP contribution is 2.16. The quantitative estimate of drug-likeness (QED) is 0.812. The number of pyridine rings is 1. The summed E-state index contributed by atoms with van der Waals surface area (Å²) in [5, 5.41) is 6.17. The van der Waals surface area contributed by atoms with E-state index in [1.54, 1.807) is 0 Å². The van der Waals surface area contributed by atoms with Gasteiger partial charge < -0.3 is 15.5 Å². The molecule has 0 aliphatic carbocycles. The van der Waals surface area contributed by atoms with Crippen LogP contribution in [-0.4, -0.2) is 37.1 Å². The number of nitrogens with one attached hydrogen (secondary N) is 2. The van der Waals surface area contributed by atoms with Gasteiger partial charge in [0.1, 0.15) is 5.82 Å². The summed E-state index contributed by atoms with van der Waals surface area (Å²) in [4.78, 5) is 18.7. The van der Waals surface area contributed by atoms with E-state index in [0.29, 0.717) is 12.2 Å². The first kappa shape index (κ1) is 18.7. The number of piperazine rings is 1. The van der Waals surface area contributed by atoms with Crippen molar-refractivity contribution in [1.82, 2.24) is 10.3 Å². The molecular weight excluding hydrogens is 392 g/mol. The first-order valence-corrected chi connectivity index (χ1v) is 8.46. The summed E-state index contributed by atoms with van der Waals surface area (Å²) >= 11 is 3.39. The van der Waals surface area contributed by atoms with Crippen molar-refractivity contribution < 1.29 is 4.79 Å². The number of halogens is 2. The standard InChI is InChI=1S/C17H19BrN4O.ClH/c18-14-3-1-13(2-4-14)11-17(23)21-16-6-5-15(12-20-16)22-9-7-19-8-10-22;/h1-6,12,19H,7-11H2,(H,20,21,23);1H. The smallest absolute Gasteiger partial charge is 0.229 e. The molecule has 0 atom stereocenters. The van der Waals surface area contributed by atoms with E-state index in [0.717, 1.165) is 41.9 Å². The number of nitrogens with zero attached hydrogens (tertiary/aromatic N) is 2. The molecule has 2 aromatic rings. The molecule has 2 heterocycles. The fourth-order valence-corrected chi connectivity index (χ4v) is 2.81. The molecule has 24 heavy (non-hydrogen) atoms. The van der Waals surface area contributed by atoms with E-state index in [4.69, 9.17) is 0 Å². The Morgan fingerprint density at radius 3 is 2.50 bits per heavy atom. The van der Waals surface area contributed by atoms with Gasteiger partial charge in [-0.15, -0.1) is 12.4 Å². The number of hydrogen-bond acceptors (Lipinski definition) is 4. The molecule has 7 heteroatoms. The Kier molecular flexibility index (Phi) is 7.02. The predicted molar refractivity (Wildman–Crippen MR) is 103 cm³/mol. The van der Waals surface area contributed by atoms with Gasteiger partial charge in [0.2, 0.25) is 5.91 Å². The monoisotopic (exact) mass is 410 g/mol. The predicted octanol–water partition coefficient (Wildman–Crippen LogP) is 2.86. The summed E-state index contributed by atoms with van der Waals surface area (Å²) in [5.74, 6) is 0.528. The number of anilines is 2. The number of rotatable bonds is 4. The Hall–Kier alpha value is -1.63. The van der Waals surface area contributed by atoms with Crippen molar-refractivity contribution in [2.24, 2.45) is 0 Å². The van der Waals surface area contributed by atoms with Gasteiger partial charge in [-0.25, -0.2) is 4.98 Å². The summed E-state index contributed by atoms with van der Waals surface area (Å²) in [7, 11) is 0. The maximum absolute atomic E-state index is 12.1. The molecule has 0 bridgehead atoms. The van der Waals surface area contributed by atoms with Crippen LogP contribution in [0.25, 0.3) is 0 Å². The summed E-state index contributed by atoms with van der Waals surface area (Å²) in [6.45, 7) is 3.95. The van der Waals surface area contributed by atoms with Crippen LogP contribution in [0, 0.1) is 0 Å². The molecular formula is C17H20BrClN4O. The second kappa shape index (κ2) is 9.01. The van der Waals surface area contributed by atoms with Gasteiger partial charge >= 0.3 is 0 Å². The summed E-state index contributed by atoms with van der Waals surface area (Å²) in [6.07, 6.45) is 2.16. The highest BCUT2D eigenvalue weighted by Gasteiger charge is 2.11. The highest BCUT2D eigenvalue weighted by atomic mass is 79.9. The fraction of sp³-hybridized carbons (Fsp3) is 0.294. The number of aromatic nitrogens is 1. The van der Waals surface area contributed by atoms with Crippen LogP contribution in [0.2, 0.25) is 0 Å². The lowest BCUT2D eigenvalue weighted by Gasteiger charge is -2.29. The average Bonchev–Trinajstić information content (AvgIpc) is 2.58. The first-order chi connectivity index (χ1) is 11.2. The van der Waals surface area contributed by atoms with E-state index < -0.39 is 0 Å². The zero-order chi connectivity index (χ0) is 16.1. The normalized spacial score (nSPS) is 14.0. The SMILES string of the molecule is Cl.O=C(Cc1ccc(Br)cc1)Nc1ccc(N2CCNCC2)cn1. The fourth-order valence-electron chi connectivity index (χ4n) is 2.54. The largest absolute Gasteiger partial charge is 0.368 e. The Morgan fingerprint density at radius 2 is 1.88 bits per heavy atom. The molecule has 1 aliphatic rings. The van der Waals surface area contributed by atoms with Crippen molar-refractivity contribution in [3.05, 3.63) is 52.6 Å². The van der Waals surface area contributed by atoms with E-state index in [2.05, 4.69) is 36.4 Å². The van der Waals surface area contributed by atoms with Crippen LogP contribution in [0.4, 0.5) is 11.5 Å². The molecule has 5 nitrogen and oxygen atoms in total. The van der Waals surface area contributed by atoms with Gasteiger partial charge in [0, 0.05) is 30.7 Å². The van der Waals surface area contributed by atoms with E-state index >= 15 is 0 Å². The molecule has 128 valence electrons. The van der Waals surface area contributed by atoms with Gasteiger partial charge in [-0.1, -0.05) is 28.1 Å². The van der Waals surface area contributed by atoms with Crippen molar-refractivity contribution >= 4 is 45.7 Å². The number of benzene rings is 1. The third-order valence-electron chi connectivity index (χ3n) is 3.78. The van der Waals surface area contributed by atoms with Gasteiger partial charge in [-0.2, -0.15) is 0 Å². The minimum Gasteiger partial charge on any atom is -0.368 e. The number of carbonyl (C=O) groups is 1. The van der Waals surface area contributed by atoms with Gasteiger partial charge in [0.25, 0.3) is 0 Å². The Bertz CT molecular complexity index is 657. The maximum atomic E-state index is 12.1. The van der Waals surface area contributed by atoms with Crippen molar-refractivity contribution in [3.63, 3.8) is 0 Å². The molecule has 1 aromatic heterocycles. The topological polar surface area (TPSA) is 57.3 Å². The lowest BCUT2D eigenvalue weighted by Crippen LogP contribution is -2.43. The molecule has 2 N–H and O–H groups in total. The third-order valence-corrected chi connectivity index (χ3v) is 4.30. The maximum Gasteiger partial charge on any atom is 0.229 e. The Balaban J connectivity index is 0.00000208. The molecule has 0 saturated carbocycles. The van der Waals surface area contributed by atoms with Crippen LogP contribution in [-0.2, 0) is 11.2 Å². The summed E-state index contributed by atoms with van der Waals surface area (Å²) in [6, 6.07) is 11.6. The summed E-state index contributed by atoms with van der Waals surface area (Å²) in [5.41, 5.74) is 2.07. The molecule has 1 fully saturated rings. The second-order valence-corrected chi connectivity index (χ2v) is 6.41. The zero-order valence-corrected chi connectivity index (χ0v) is 15.6. The van der Waals surface area contributed by atoms with Crippen molar-refractivity contribution in [2.45, 2.75) is 6.42 Å². The van der Waals surface area contributed by atoms with Crippen LogP contribution in [0.15, 0.2) is 47.1 Å². The minimum absolute atomic E-state index is 0. The van der Waals surface area contributed by atoms with E-state index in [9.17, 15) is 4.79 Å². The summed E-state index contributed by atoms with van der Waals surface area (Å²) < 4.78 is 1.01. The average molecular weight is 412 g/mol. The van der Waals surface area contributed by atoms with Crippen LogP contribution < -0.4 is 15.5 Å². The Morgan fingerprint density at radius 1 is 1.17 bits per heavy atom. The molecule has 3 rings (SSSR count). The van der Waals surface area contributed by atoms with Gasteiger partial charge in [-0.05, 0) is 29.8 Å². The van der Waals surface area contributed by atoms with Crippen molar-refractivity contribution in [1.29, 1.82) is 0 Å². The molecule has 1 saturated heterocycles. The van der Waals surface area contributed by atoms with Gasteiger partial charge in [-0.3, -0.25) is 4.79 Å². The minimum atomic E-state index is -0.0604. The zero-order valence-electron chi connectivity index (χ0n) is 13.2.